The molecule has 0 bridgehead atoms. The van der Waals surface area contributed by atoms with E-state index in [1.54, 1.807) is 29.0 Å². The van der Waals surface area contributed by atoms with Crippen molar-refractivity contribution in [1.82, 2.24) is 24.8 Å². The third kappa shape index (κ3) is 6.31. The highest BCUT2D eigenvalue weighted by molar-refractivity contribution is 5.96. The van der Waals surface area contributed by atoms with E-state index in [1.807, 2.05) is 35.8 Å². The van der Waals surface area contributed by atoms with Crippen LogP contribution in [0.2, 0.25) is 0 Å². The topological polar surface area (TPSA) is 71.8 Å². The van der Waals surface area contributed by atoms with Crippen molar-refractivity contribution in [2.24, 2.45) is 0 Å². The summed E-state index contributed by atoms with van der Waals surface area (Å²) in [5, 5.41) is 6.30. The standard InChI is InChI=1S/C28H28F3N5O2/c29-28(30,31)19-33-27(37)22-6-4-5-21(15-22)25-17-34-36-18-23(16-32-26(25)36)20-7-9-24(10-8-20)38-14-13-35-11-2-1-3-12-35/h4-10,15-18H,1-3,11-14,19H2,(H,33,37). The van der Waals surface area contributed by atoms with Crippen LogP contribution in [0, 0.1) is 0 Å². The van der Waals surface area contributed by atoms with Gasteiger partial charge in [0.15, 0.2) is 5.65 Å². The average molecular weight is 524 g/mol. The maximum Gasteiger partial charge on any atom is 0.405 e. The lowest BCUT2D eigenvalue weighted by Crippen LogP contribution is -2.33. The van der Waals surface area contributed by atoms with Crippen molar-refractivity contribution >= 4 is 11.6 Å². The van der Waals surface area contributed by atoms with Crippen molar-refractivity contribution in [3.63, 3.8) is 0 Å². The Labute approximate surface area is 218 Å². The van der Waals surface area contributed by atoms with Crippen LogP contribution in [-0.2, 0) is 0 Å². The summed E-state index contributed by atoms with van der Waals surface area (Å²) in [6.45, 7) is 2.51. The van der Waals surface area contributed by atoms with E-state index in [9.17, 15) is 18.0 Å². The minimum atomic E-state index is -4.47. The highest BCUT2D eigenvalue weighted by Gasteiger charge is 2.28. The summed E-state index contributed by atoms with van der Waals surface area (Å²) in [6, 6.07) is 14.2. The van der Waals surface area contributed by atoms with E-state index in [2.05, 4.69) is 15.0 Å². The number of piperidine rings is 1. The van der Waals surface area contributed by atoms with E-state index in [0.717, 1.165) is 36.5 Å². The molecule has 2 aromatic heterocycles. The van der Waals surface area contributed by atoms with Crippen molar-refractivity contribution in [2.75, 3.05) is 32.8 Å². The fraction of sp³-hybridized carbons (Fsp3) is 0.321. The number of carbonyl (C=O) groups excluding carboxylic acids is 1. The molecule has 1 fully saturated rings. The second-order valence-electron chi connectivity index (χ2n) is 9.32. The third-order valence-corrected chi connectivity index (χ3v) is 6.55. The summed E-state index contributed by atoms with van der Waals surface area (Å²) in [5.41, 5.74) is 3.82. The number of nitrogens with zero attached hydrogens (tertiary/aromatic N) is 4. The molecule has 0 aliphatic carbocycles. The first-order chi connectivity index (χ1) is 18.4. The molecule has 198 valence electrons. The number of aromatic nitrogens is 3. The Balaban J connectivity index is 1.26. The van der Waals surface area contributed by atoms with Crippen molar-refractivity contribution < 1.29 is 22.7 Å². The number of amides is 1. The number of alkyl halides is 3. The number of carbonyl (C=O) groups is 1. The lowest BCUT2D eigenvalue weighted by atomic mass is 10.1. The summed E-state index contributed by atoms with van der Waals surface area (Å²) in [5.74, 6) is 0.0233. The van der Waals surface area contributed by atoms with Gasteiger partial charge >= 0.3 is 6.18 Å². The van der Waals surface area contributed by atoms with Gasteiger partial charge in [-0.05, 0) is 61.3 Å². The molecule has 1 amide bonds. The molecule has 1 aliphatic heterocycles. The Morgan fingerprint density at radius 3 is 2.53 bits per heavy atom. The van der Waals surface area contributed by atoms with Crippen molar-refractivity contribution in [1.29, 1.82) is 0 Å². The molecule has 1 N–H and O–H groups in total. The van der Waals surface area contributed by atoms with Crippen LogP contribution in [-0.4, -0.2) is 64.4 Å². The fourth-order valence-electron chi connectivity index (χ4n) is 4.56. The number of ether oxygens (including phenoxy) is 1. The van der Waals surface area contributed by atoms with Crippen molar-refractivity contribution in [3.05, 3.63) is 72.7 Å². The number of likely N-dealkylation sites (tertiary alicyclic amines) is 1. The molecular formula is C28H28F3N5O2. The van der Waals surface area contributed by atoms with E-state index in [0.29, 0.717) is 23.4 Å². The van der Waals surface area contributed by atoms with E-state index in [1.165, 1.54) is 31.4 Å². The van der Waals surface area contributed by atoms with Gasteiger partial charge in [0, 0.05) is 35.6 Å². The molecule has 10 heteroatoms. The number of hydrogen-bond donors (Lipinski definition) is 1. The number of nitrogens with one attached hydrogen (secondary N) is 1. The molecule has 2 aromatic carbocycles. The lowest BCUT2D eigenvalue weighted by Gasteiger charge is -2.26. The zero-order valence-corrected chi connectivity index (χ0v) is 20.7. The Morgan fingerprint density at radius 2 is 1.76 bits per heavy atom. The summed E-state index contributed by atoms with van der Waals surface area (Å²) >= 11 is 0. The highest BCUT2D eigenvalue weighted by Crippen LogP contribution is 2.27. The van der Waals surface area contributed by atoms with Gasteiger partial charge < -0.3 is 10.1 Å². The van der Waals surface area contributed by atoms with Gasteiger partial charge in [-0.3, -0.25) is 9.69 Å². The van der Waals surface area contributed by atoms with Crippen LogP contribution >= 0.6 is 0 Å². The number of fused-ring (bicyclic) bond motifs is 1. The monoisotopic (exact) mass is 523 g/mol. The highest BCUT2D eigenvalue weighted by atomic mass is 19.4. The average Bonchev–Trinajstić information content (AvgIpc) is 3.36. The predicted octanol–water partition coefficient (Wildman–Crippen LogP) is 5.22. The molecule has 0 saturated carbocycles. The van der Waals surface area contributed by atoms with Gasteiger partial charge in [0.05, 0.1) is 6.20 Å². The molecule has 38 heavy (non-hydrogen) atoms. The first kappa shape index (κ1) is 25.7. The first-order valence-corrected chi connectivity index (χ1v) is 12.6. The smallest absolute Gasteiger partial charge is 0.405 e. The van der Waals surface area contributed by atoms with Gasteiger partial charge in [-0.15, -0.1) is 0 Å². The number of benzene rings is 2. The van der Waals surface area contributed by atoms with Crippen molar-refractivity contribution in [3.8, 4) is 28.0 Å². The van der Waals surface area contributed by atoms with Crippen LogP contribution in [0.1, 0.15) is 29.6 Å². The zero-order valence-electron chi connectivity index (χ0n) is 20.7. The van der Waals surface area contributed by atoms with E-state index < -0.39 is 18.6 Å². The summed E-state index contributed by atoms with van der Waals surface area (Å²) in [6.07, 6.45) is 4.60. The quantitative estimate of drug-likeness (QED) is 0.343. The molecule has 0 radical (unpaired) electrons. The zero-order chi connectivity index (χ0) is 26.5. The largest absolute Gasteiger partial charge is 0.492 e. The van der Waals surface area contributed by atoms with Gasteiger partial charge in [0.25, 0.3) is 5.91 Å². The summed E-state index contributed by atoms with van der Waals surface area (Å²) in [4.78, 5) is 19.2. The normalized spacial score (nSPS) is 14.5. The molecule has 5 rings (SSSR count). The second kappa shape index (κ2) is 11.2. The van der Waals surface area contributed by atoms with Crippen LogP contribution in [0.15, 0.2) is 67.1 Å². The molecule has 4 aromatic rings. The van der Waals surface area contributed by atoms with Crippen LogP contribution in [0.4, 0.5) is 13.2 Å². The molecule has 7 nitrogen and oxygen atoms in total. The van der Waals surface area contributed by atoms with Gasteiger partial charge in [0.1, 0.15) is 18.9 Å². The molecule has 0 atom stereocenters. The molecule has 3 heterocycles. The van der Waals surface area contributed by atoms with Crippen LogP contribution in [0.25, 0.3) is 27.9 Å². The van der Waals surface area contributed by atoms with Crippen LogP contribution in [0.3, 0.4) is 0 Å². The van der Waals surface area contributed by atoms with Gasteiger partial charge in [-0.1, -0.05) is 30.7 Å². The summed E-state index contributed by atoms with van der Waals surface area (Å²) < 4.78 is 44.9. The Morgan fingerprint density at radius 1 is 0.974 bits per heavy atom. The van der Waals surface area contributed by atoms with Crippen molar-refractivity contribution in [2.45, 2.75) is 25.4 Å². The van der Waals surface area contributed by atoms with Gasteiger partial charge in [0.2, 0.25) is 0 Å². The number of halogens is 3. The Bertz CT molecular complexity index is 1400. The lowest BCUT2D eigenvalue weighted by molar-refractivity contribution is -0.123. The van der Waals surface area contributed by atoms with E-state index in [-0.39, 0.29) is 5.56 Å². The fourth-order valence-corrected chi connectivity index (χ4v) is 4.56. The van der Waals surface area contributed by atoms with E-state index in [4.69, 9.17) is 4.74 Å². The number of hydrogen-bond acceptors (Lipinski definition) is 5. The molecule has 0 spiro atoms. The summed E-state index contributed by atoms with van der Waals surface area (Å²) in [7, 11) is 0. The predicted molar refractivity (Wildman–Crippen MR) is 138 cm³/mol. The second-order valence-corrected chi connectivity index (χ2v) is 9.32. The van der Waals surface area contributed by atoms with Crippen LogP contribution < -0.4 is 10.1 Å². The maximum atomic E-state index is 12.5. The minimum absolute atomic E-state index is 0.126. The number of rotatable bonds is 8. The van der Waals surface area contributed by atoms with E-state index >= 15 is 0 Å². The van der Waals surface area contributed by atoms with Crippen LogP contribution in [0.5, 0.6) is 5.75 Å². The Kier molecular flexibility index (Phi) is 7.59. The first-order valence-electron chi connectivity index (χ1n) is 12.6. The third-order valence-electron chi connectivity index (χ3n) is 6.55. The molecule has 0 unspecified atom stereocenters. The SMILES string of the molecule is O=C(NCC(F)(F)F)c1cccc(-c2cnn3cc(-c4ccc(OCCN5CCCCC5)cc4)cnc23)c1. The minimum Gasteiger partial charge on any atom is -0.492 e. The molecule has 1 saturated heterocycles. The molecule has 1 aliphatic rings. The van der Waals surface area contributed by atoms with Gasteiger partial charge in [-0.25, -0.2) is 9.50 Å². The Hall–Kier alpha value is -3.92. The molecular weight excluding hydrogens is 495 g/mol. The maximum absolute atomic E-state index is 12.5. The van der Waals surface area contributed by atoms with Gasteiger partial charge in [-0.2, -0.15) is 18.3 Å².